The second kappa shape index (κ2) is 17.4. The quantitative estimate of drug-likeness (QED) is 0.0715. The van der Waals surface area contributed by atoms with Crippen molar-refractivity contribution in [1.82, 2.24) is 9.79 Å². The number of hydroxylamine groups is 1. The number of carbonyl (C=O) groups is 1. The van der Waals surface area contributed by atoms with Crippen LogP contribution >= 0.6 is 23.7 Å². The summed E-state index contributed by atoms with van der Waals surface area (Å²) in [5.41, 5.74) is 3.47. The Morgan fingerprint density at radius 1 is 1.00 bits per heavy atom. The molecule has 2 aromatic carbocycles. The van der Waals surface area contributed by atoms with Crippen molar-refractivity contribution in [1.29, 1.82) is 0 Å². The Morgan fingerprint density at radius 2 is 1.63 bits per heavy atom. The van der Waals surface area contributed by atoms with Crippen LogP contribution in [0.15, 0.2) is 58.3 Å². The maximum atomic E-state index is 14.0. The van der Waals surface area contributed by atoms with E-state index in [0.29, 0.717) is 0 Å². The molecule has 0 radical (unpaired) electrons. The van der Waals surface area contributed by atoms with E-state index in [2.05, 4.69) is 11.2 Å². The van der Waals surface area contributed by atoms with Gasteiger partial charge in [0.05, 0.1) is 16.5 Å². The monoisotopic (exact) mass is 621 g/mol. The molecule has 10 heteroatoms. The van der Waals surface area contributed by atoms with E-state index in [0.717, 1.165) is 27.8 Å². The lowest BCUT2D eigenvalue weighted by Crippen LogP contribution is -2.51. The van der Waals surface area contributed by atoms with E-state index >= 15 is 0 Å². The molecule has 7 nitrogen and oxygen atoms in total. The number of hydrogen-bond donors (Lipinski definition) is 2. The van der Waals surface area contributed by atoms with Crippen LogP contribution < -0.4 is 9.79 Å². The van der Waals surface area contributed by atoms with Crippen LogP contribution in [0.4, 0.5) is 5.69 Å². The number of rotatable bonds is 19. The number of nitrogens with zero attached hydrogens (tertiary/aromatic N) is 2. The molecule has 1 aliphatic rings. The summed E-state index contributed by atoms with van der Waals surface area (Å²) >= 11 is 3.45. The van der Waals surface area contributed by atoms with Gasteiger partial charge in [-0.15, -0.1) is 11.8 Å². The van der Waals surface area contributed by atoms with Gasteiger partial charge in [0.15, 0.2) is 0 Å². The van der Waals surface area contributed by atoms with Crippen LogP contribution in [0.3, 0.4) is 0 Å². The highest BCUT2D eigenvalue weighted by atomic mass is 32.2. The van der Waals surface area contributed by atoms with Crippen LogP contribution in [0.2, 0.25) is 0 Å². The van der Waals surface area contributed by atoms with E-state index in [4.69, 9.17) is 0 Å². The molecule has 0 fully saturated rings. The molecule has 0 saturated heterocycles. The number of benzene rings is 2. The standard InChI is InChI=1S/C31H47N3O4S3/c1-4-5-6-7-8-9-10-11-12-16-21-40-33-24-39-29-22-27(19-20-28(29)33)41(37,38)34(23-26-17-14-13-15-18-26)30(25(2)3)31(35)32-36/h13-15,17-20,22,25,30,36H,4-12,16,21,23-24H2,1-3H3,(H,32,35)/t30-/m1/s1. The fourth-order valence-electron chi connectivity index (χ4n) is 5.11. The number of nitrogens with one attached hydrogen (secondary N) is 1. The smallest absolute Gasteiger partial charge is 0.262 e. The second-order valence-corrected chi connectivity index (χ2v) is 15.0. The summed E-state index contributed by atoms with van der Waals surface area (Å²) in [6.07, 6.45) is 13.2. The highest BCUT2D eigenvalue weighted by molar-refractivity contribution is 8.04. The molecule has 0 spiro atoms. The Balaban J connectivity index is 1.62. The third-order valence-electron chi connectivity index (χ3n) is 7.39. The number of unbranched alkanes of at least 4 members (excludes halogenated alkanes) is 9. The molecular weight excluding hydrogens is 575 g/mol. The minimum atomic E-state index is -4.05. The zero-order valence-electron chi connectivity index (χ0n) is 24.8. The SMILES string of the molecule is CCCCCCCCCCCCSN1CSc2cc(S(=O)(=O)N(Cc3ccccc3)[C@@H](C(=O)NO)C(C)C)ccc21. The highest BCUT2D eigenvalue weighted by Gasteiger charge is 2.38. The summed E-state index contributed by atoms with van der Waals surface area (Å²) < 4.78 is 31.5. The lowest BCUT2D eigenvalue weighted by Gasteiger charge is -2.32. The number of thioether (sulfide) groups is 1. The van der Waals surface area contributed by atoms with Gasteiger partial charge in [-0.05, 0) is 48.0 Å². The molecule has 1 heterocycles. The molecule has 228 valence electrons. The first-order valence-corrected chi connectivity index (χ1v) is 18.3. The summed E-state index contributed by atoms with van der Waals surface area (Å²) in [5.74, 6) is 0.719. The first-order chi connectivity index (χ1) is 19.8. The van der Waals surface area contributed by atoms with E-state index in [1.807, 2.05) is 48.3 Å². The maximum absolute atomic E-state index is 14.0. The van der Waals surface area contributed by atoms with Gasteiger partial charge in [0, 0.05) is 17.2 Å². The average Bonchev–Trinajstić information content (AvgIpc) is 3.38. The predicted octanol–water partition coefficient (Wildman–Crippen LogP) is 7.85. The molecule has 2 aromatic rings. The Kier molecular flexibility index (Phi) is 14.3. The van der Waals surface area contributed by atoms with Crippen molar-refractivity contribution in [3.8, 4) is 0 Å². The Labute approximate surface area is 256 Å². The Morgan fingerprint density at radius 3 is 2.24 bits per heavy atom. The number of fused-ring (bicyclic) bond motifs is 1. The van der Waals surface area contributed by atoms with Gasteiger partial charge >= 0.3 is 0 Å². The van der Waals surface area contributed by atoms with Gasteiger partial charge in [-0.1, -0.05) is 109 Å². The molecule has 0 aromatic heterocycles. The summed E-state index contributed by atoms with van der Waals surface area (Å²) in [4.78, 5) is 13.7. The van der Waals surface area contributed by atoms with Gasteiger partial charge in [0.25, 0.3) is 5.91 Å². The molecule has 1 atom stereocenters. The number of anilines is 1. The van der Waals surface area contributed by atoms with Gasteiger partial charge in [-0.2, -0.15) is 4.31 Å². The van der Waals surface area contributed by atoms with Gasteiger partial charge in [0.2, 0.25) is 10.0 Å². The summed E-state index contributed by atoms with van der Waals surface area (Å²) in [6, 6.07) is 13.4. The first kappa shape index (κ1) is 33.8. The zero-order chi connectivity index (χ0) is 29.7. The van der Waals surface area contributed by atoms with Crippen LogP contribution in [0, 0.1) is 5.92 Å². The van der Waals surface area contributed by atoms with E-state index < -0.39 is 22.0 Å². The van der Waals surface area contributed by atoms with Gasteiger partial charge in [-0.25, -0.2) is 13.9 Å². The van der Waals surface area contributed by atoms with Crippen LogP contribution in [0.1, 0.15) is 90.5 Å². The maximum Gasteiger partial charge on any atom is 0.262 e. The minimum absolute atomic E-state index is 0.0184. The molecule has 0 bridgehead atoms. The third-order valence-corrected chi connectivity index (χ3v) is 11.5. The molecule has 0 aliphatic carbocycles. The van der Waals surface area contributed by atoms with Crippen LogP contribution in [-0.4, -0.2) is 41.5 Å². The molecule has 3 rings (SSSR count). The van der Waals surface area contributed by atoms with E-state index in [1.54, 1.807) is 43.2 Å². The van der Waals surface area contributed by atoms with Crippen LogP contribution in [-0.2, 0) is 21.4 Å². The number of hydrogen-bond acceptors (Lipinski definition) is 7. The molecular formula is C31H47N3O4S3. The average molecular weight is 622 g/mol. The van der Waals surface area contributed by atoms with Crippen molar-refractivity contribution < 1.29 is 18.4 Å². The van der Waals surface area contributed by atoms with Crippen LogP contribution in [0.5, 0.6) is 0 Å². The zero-order valence-corrected chi connectivity index (χ0v) is 27.2. The fourth-order valence-corrected chi connectivity index (χ4v) is 9.22. The van der Waals surface area contributed by atoms with Crippen molar-refractivity contribution in [2.45, 2.75) is 107 Å². The fraction of sp³-hybridized carbons (Fsp3) is 0.581. The largest absolute Gasteiger partial charge is 0.305 e. The van der Waals surface area contributed by atoms with E-state index in [1.165, 1.54) is 68.5 Å². The lowest BCUT2D eigenvalue weighted by molar-refractivity contribution is -0.134. The topological polar surface area (TPSA) is 90.0 Å². The Hall–Kier alpha value is -1.72. The Bertz CT molecular complexity index is 1180. The van der Waals surface area contributed by atoms with Crippen molar-refractivity contribution >= 4 is 45.3 Å². The number of carbonyl (C=O) groups excluding carboxylic acids is 1. The van der Waals surface area contributed by atoms with Gasteiger partial charge in [0.1, 0.15) is 6.04 Å². The van der Waals surface area contributed by atoms with Crippen molar-refractivity contribution in [3.63, 3.8) is 0 Å². The second-order valence-electron chi connectivity index (χ2n) is 11.0. The number of sulfonamides is 1. The summed E-state index contributed by atoms with van der Waals surface area (Å²) in [6.45, 7) is 5.82. The lowest BCUT2D eigenvalue weighted by atomic mass is 10.0. The van der Waals surface area contributed by atoms with Gasteiger partial charge in [-0.3, -0.25) is 10.0 Å². The van der Waals surface area contributed by atoms with E-state index in [-0.39, 0.29) is 17.4 Å². The molecule has 2 N–H and O–H groups in total. The van der Waals surface area contributed by atoms with Crippen molar-refractivity contribution in [3.05, 3.63) is 54.1 Å². The number of amides is 1. The summed E-state index contributed by atoms with van der Waals surface area (Å²) in [7, 11) is -4.05. The van der Waals surface area contributed by atoms with Gasteiger partial charge < -0.3 is 4.31 Å². The highest BCUT2D eigenvalue weighted by Crippen LogP contribution is 2.43. The molecule has 0 saturated carbocycles. The minimum Gasteiger partial charge on any atom is -0.305 e. The predicted molar refractivity (Wildman–Crippen MR) is 172 cm³/mol. The normalized spacial score (nSPS) is 14.0. The van der Waals surface area contributed by atoms with Crippen LogP contribution in [0.25, 0.3) is 0 Å². The molecule has 1 aliphatic heterocycles. The molecule has 1 amide bonds. The summed E-state index contributed by atoms with van der Waals surface area (Å²) in [5, 5.41) is 9.41. The molecule has 0 unspecified atom stereocenters. The van der Waals surface area contributed by atoms with E-state index in [9.17, 15) is 18.4 Å². The third kappa shape index (κ3) is 9.92. The molecule has 41 heavy (non-hydrogen) atoms. The van der Waals surface area contributed by atoms with Crippen molar-refractivity contribution in [2.24, 2.45) is 5.92 Å². The first-order valence-electron chi connectivity index (χ1n) is 15.0. The van der Waals surface area contributed by atoms with Crippen molar-refractivity contribution in [2.75, 3.05) is 15.9 Å².